The molecule has 0 fully saturated rings. The summed E-state index contributed by atoms with van der Waals surface area (Å²) in [6, 6.07) is 65.9. The van der Waals surface area contributed by atoms with E-state index in [0.717, 1.165) is 82.8 Å². The summed E-state index contributed by atoms with van der Waals surface area (Å²) < 4.78 is 4.54. The van der Waals surface area contributed by atoms with Crippen molar-refractivity contribution in [3.63, 3.8) is 0 Å². The van der Waals surface area contributed by atoms with Gasteiger partial charge in [0.25, 0.3) is 0 Å². The van der Waals surface area contributed by atoms with Crippen LogP contribution in [0.2, 0.25) is 0 Å². The predicted octanol–water partition coefficient (Wildman–Crippen LogP) is 13.2. The fourth-order valence-electron chi connectivity index (χ4n) is 8.53. The minimum absolute atomic E-state index is 0.514. The first-order chi connectivity index (χ1) is 29.7. The summed E-state index contributed by atoms with van der Waals surface area (Å²) in [5.74, 6) is 1.64. The quantitative estimate of drug-likeness (QED) is 0.158. The molecule has 60 heavy (non-hydrogen) atoms. The SMILES string of the molecule is [C-]#[N+]c1ccc2c(c1)c1cc(C#N)ccc1n2-c1ccc(-c2cccc3c2c2ccccc2n3-c2ccccc2)cc1-c1nc(-c2ccccc2)nc(-c2ccccc2)n1. The molecule has 3 aromatic heterocycles. The van der Waals surface area contributed by atoms with Gasteiger partial charge in [-0.05, 0) is 83.2 Å². The Kier molecular flexibility index (Phi) is 8.11. The zero-order chi connectivity index (χ0) is 40.2. The average Bonchev–Trinajstić information content (AvgIpc) is 3.84. The first kappa shape index (κ1) is 34.6. The van der Waals surface area contributed by atoms with Crippen molar-refractivity contribution in [2.24, 2.45) is 0 Å². The molecule has 11 rings (SSSR count). The number of benzene rings is 8. The van der Waals surface area contributed by atoms with Crippen LogP contribution < -0.4 is 0 Å². The summed E-state index contributed by atoms with van der Waals surface area (Å²) in [7, 11) is 0. The van der Waals surface area contributed by atoms with Crippen LogP contribution in [-0.4, -0.2) is 24.1 Å². The molecular weight excluding hydrogens is 735 g/mol. The van der Waals surface area contributed by atoms with Crippen molar-refractivity contribution in [1.29, 1.82) is 5.26 Å². The van der Waals surface area contributed by atoms with Crippen LogP contribution in [0.25, 0.3) is 105 Å². The normalized spacial score (nSPS) is 11.3. The molecule has 0 atom stereocenters. The molecule has 0 saturated carbocycles. The third-order valence-electron chi connectivity index (χ3n) is 11.2. The fourth-order valence-corrected chi connectivity index (χ4v) is 8.53. The molecule has 3 heterocycles. The van der Waals surface area contributed by atoms with Crippen molar-refractivity contribution >= 4 is 49.3 Å². The van der Waals surface area contributed by atoms with Gasteiger partial charge in [-0.15, -0.1) is 0 Å². The lowest BCUT2D eigenvalue weighted by atomic mass is 9.96. The van der Waals surface area contributed by atoms with Gasteiger partial charge in [-0.3, -0.25) is 0 Å². The second kappa shape index (κ2) is 14.1. The van der Waals surface area contributed by atoms with E-state index in [2.05, 4.69) is 105 Å². The van der Waals surface area contributed by atoms with E-state index in [-0.39, 0.29) is 0 Å². The minimum Gasteiger partial charge on any atom is -0.309 e. The zero-order valence-corrected chi connectivity index (χ0v) is 32.0. The number of hydrogen-bond donors (Lipinski definition) is 0. The van der Waals surface area contributed by atoms with E-state index >= 15 is 0 Å². The molecule has 7 heteroatoms. The van der Waals surface area contributed by atoms with Crippen LogP contribution >= 0.6 is 0 Å². The number of rotatable bonds is 6. The van der Waals surface area contributed by atoms with E-state index in [9.17, 15) is 5.26 Å². The summed E-state index contributed by atoms with van der Waals surface area (Å²) in [5, 5.41) is 14.0. The number of nitrogens with zero attached hydrogens (tertiary/aromatic N) is 7. The molecule has 0 spiro atoms. The second-order valence-electron chi connectivity index (χ2n) is 14.7. The summed E-state index contributed by atoms with van der Waals surface area (Å²) in [4.78, 5) is 19.3. The molecule has 8 aromatic carbocycles. The van der Waals surface area contributed by atoms with Crippen molar-refractivity contribution in [3.05, 3.63) is 205 Å². The van der Waals surface area contributed by atoms with Crippen molar-refractivity contribution in [3.8, 4) is 62.7 Å². The molecule has 0 aliphatic rings. The van der Waals surface area contributed by atoms with Gasteiger partial charge in [0.2, 0.25) is 0 Å². The van der Waals surface area contributed by atoms with Crippen LogP contribution in [0.4, 0.5) is 5.69 Å². The van der Waals surface area contributed by atoms with Gasteiger partial charge in [-0.2, -0.15) is 5.26 Å². The third kappa shape index (κ3) is 5.61. The molecule has 0 amide bonds. The van der Waals surface area contributed by atoms with E-state index in [1.54, 1.807) is 0 Å². The van der Waals surface area contributed by atoms with Gasteiger partial charge in [0.15, 0.2) is 23.2 Å². The zero-order valence-electron chi connectivity index (χ0n) is 32.0. The molecular formula is C53H31N7. The highest BCUT2D eigenvalue weighted by Gasteiger charge is 2.22. The Morgan fingerprint density at radius 3 is 1.75 bits per heavy atom. The summed E-state index contributed by atoms with van der Waals surface area (Å²) in [6.07, 6.45) is 0. The Balaban J connectivity index is 1.24. The van der Waals surface area contributed by atoms with Crippen LogP contribution in [0.3, 0.4) is 0 Å². The molecule has 7 nitrogen and oxygen atoms in total. The van der Waals surface area contributed by atoms with Gasteiger partial charge in [0.05, 0.1) is 46.0 Å². The van der Waals surface area contributed by atoms with E-state index in [4.69, 9.17) is 21.5 Å². The maximum absolute atomic E-state index is 9.94. The number of hydrogen-bond acceptors (Lipinski definition) is 4. The topological polar surface area (TPSA) is 76.7 Å². The average molecular weight is 766 g/mol. The molecule has 0 radical (unpaired) electrons. The third-order valence-corrected chi connectivity index (χ3v) is 11.2. The summed E-state index contributed by atoms with van der Waals surface area (Å²) in [6.45, 7) is 7.81. The lowest BCUT2D eigenvalue weighted by Gasteiger charge is -2.17. The maximum atomic E-state index is 9.94. The summed E-state index contributed by atoms with van der Waals surface area (Å²) in [5.41, 5.74) is 11.7. The smallest absolute Gasteiger partial charge is 0.188 e. The molecule has 0 bridgehead atoms. The van der Waals surface area contributed by atoms with Gasteiger partial charge in [-0.25, -0.2) is 19.8 Å². The lowest BCUT2D eigenvalue weighted by molar-refractivity contribution is 1.06. The van der Waals surface area contributed by atoms with Crippen LogP contribution in [0, 0.1) is 17.9 Å². The molecule has 0 unspecified atom stereocenters. The van der Waals surface area contributed by atoms with Gasteiger partial charge < -0.3 is 9.13 Å². The monoisotopic (exact) mass is 765 g/mol. The van der Waals surface area contributed by atoms with Crippen LogP contribution in [0.5, 0.6) is 0 Å². The van der Waals surface area contributed by atoms with Crippen molar-refractivity contribution < 1.29 is 0 Å². The Hall–Kier alpha value is -8.65. The minimum atomic E-state index is 0.514. The Morgan fingerprint density at radius 2 is 1.05 bits per heavy atom. The summed E-state index contributed by atoms with van der Waals surface area (Å²) >= 11 is 0. The van der Waals surface area contributed by atoms with Crippen molar-refractivity contribution in [2.45, 2.75) is 0 Å². The number of aromatic nitrogens is 5. The second-order valence-corrected chi connectivity index (χ2v) is 14.7. The van der Waals surface area contributed by atoms with Crippen molar-refractivity contribution in [2.75, 3.05) is 0 Å². The van der Waals surface area contributed by atoms with Gasteiger partial charge in [-0.1, -0.05) is 121 Å². The van der Waals surface area contributed by atoms with Crippen molar-refractivity contribution in [1.82, 2.24) is 24.1 Å². The van der Waals surface area contributed by atoms with E-state index in [1.807, 2.05) is 103 Å². The van der Waals surface area contributed by atoms with Crippen LogP contribution in [-0.2, 0) is 0 Å². The number of fused-ring (bicyclic) bond motifs is 6. The molecule has 0 N–H and O–H groups in total. The largest absolute Gasteiger partial charge is 0.309 e. The van der Waals surface area contributed by atoms with E-state index in [1.165, 1.54) is 0 Å². The molecule has 0 aliphatic carbocycles. The first-order valence-electron chi connectivity index (χ1n) is 19.6. The highest BCUT2D eigenvalue weighted by molar-refractivity contribution is 6.16. The highest BCUT2D eigenvalue weighted by atomic mass is 15.1. The number of para-hydroxylation sites is 2. The van der Waals surface area contributed by atoms with E-state index in [0.29, 0.717) is 28.7 Å². The van der Waals surface area contributed by atoms with Gasteiger partial charge in [0.1, 0.15) is 0 Å². The predicted molar refractivity (Wildman–Crippen MR) is 241 cm³/mol. The van der Waals surface area contributed by atoms with Gasteiger partial charge in [0, 0.05) is 38.5 Å². The lowest BCUT2D eigenvalue weighted by Crippen LogP contribution is -2.04. The molecule has 0 saturated heterocycles. The van der Waals surface area contributed by atoms with E-state index < -0.39 is 0 Å². The van der Waals surface area contributed by atoms with Gasteiger partial charge >= 0.3 is 0 Å². The van der Waals surface area contributed by atoms with Crippen LogP contribution in [0.1, 0.15) is 5.56 Å². The molecule has 0 aliphatic heterocycles. The Labute approximate surface area is 345 Å². The highest BCUT2D eigenvalue weighted by Crippen LogP contribution is 2.43. The Bertz CT molecular complexity index is 3430. The first-order valence-corrected chi connectivity index (χ1v) is 19.6. The van der Waals surface area contributed by atoms with Crippen LogP contribution in [0.15, 0.2) is 188 Å². The standard InChI is InChI=1S/C53H31N7/c1-55-38-26-29-47-43(32-38)42-30-34(33-54)24-27-46(42)60(47)48-28-25-37(40-21-13-23-49-50(40)41-20-11-12-22-45(41)59(49)39-18-9-4-10-19-39)31-44(48)53-57-51(35-14-5-2-6-15-35)56-52(58-53)36-16-7-3-8-17-36/h2-32H. The molecule has 11 aromatic rings. The molecule has 278 valence electrons. The number of nitriles is 1. The fraction of sp³-hybridized carbons (Fsp3) is 0. The Morgan fingerprint density at radius 1 is 0.450 bits per heavy atom. The maximum Gasteiger partial charge on any atom is 0.188 e.